The van der Waals surface area contributed by atoms with Crippen LogP contribution in [0.5, 0.6) is 0 Å². The third kappa shape index (κ3) is 13.9. The van der Waals surface area contributed by atoms with Gasteiger partial charge in [0, 0.05) is 19.8 Å². The molecule has 0 aliphatic rings. The van der Waals surface area contributed by atoms with Crippen LogP contribution in [0.4, 0.5) is 0 Å². The van der Waals surface area contributed by atoms with Gasteiger partial charge in [-0.2, -0.15) is 0 Å². The van der Waals surface area contributed by atoms with Crippen molar-refractivity contribution in [2.45, 2.75) is 71.1 Å². The van der Waals surface area contributed by atoms with Gasteiger partial charge >= 0.3 is 0 Å². The molecule has 0 aliphatic heterocycles. The summed E-state index contributed by atoms with van der Waals surface area (Å²) in [5.74, 6) is 0. The maximum Gasteiger partial charge on any atom is 0.0466 e. The highest BCUT2D eigenvalue weighted by Gasteiger charge is 1.92. The highest BCUT2D eigenvalue weighted by molar-refractivity contribution is 4.45. The molecule has 0 bridgehead atoms. The molecule has 0 aliphatic carbocycles. The van der Waals surface area contributed by atoms with Crippen molar-refractivity contribution in [3.63, 3.8) is 0 Å². The van der Waals surface area contributed by atoms with E-state index in [4.69, 9.17) is 9.84 Å². The van der Waals surface area contributed by atoms with Gasteiger partial charge in [0.1, 0.15) is 0 Å². The molecule has 0 aromatic carbocycles. The maximum absolute atomic E-state index is 8.59. The molecule has 16 heavy (non-hydrogen) atoms. The number of aliphatic hydroxyl groups excluding tert-OH is 1. The van der Waals surface area contributed by atoms with Crippen molar-refractivity contribution in [2.24, 2.45) is 0 Å². The molecule has 0 unspecified atom stereocenters. The van der Waals surface area contributed by atoms with Gasteiger partial charge in [-0.15, -0.1) is 0 Å². The van der Waals surface area contributed by atoms with E-state index in [9.17, 15) is 0 Å². The minimum atomic E-state index is 0.317. The molecule has 0 rings (SSSR count). The molecule has 0 heterocycles. The molecule has 0 atom stereocenters. The third-order valence-corrected chi connectivity index (χ3v) is 2.84. The normalized spacial score (nSPS) is 10.9. The van der Waals surface area contributed by atoms with Crippen molar-refractivity contribution in [1.82, 2.24) is 0 Å². The Morgan fingerprint density at radius 2 is 1.19 bits per heavy atom. The zero-order valence-electron chi connectivity index (χ0n) is 11.0. The monoisotopic (exact) mass is 230 g/mol. The molecule has 0 saturated heterocycles. The summed E-state index contributed by atoms with van der Waals surface area (Å²) in [6.45, 7) is 4.37. The maximum atomic E-state index is 8.59. The summed E-state index contributed by atoms with van der Waals surface area (Å²) in [5.41, 5.74) is 0. The van der Waals surface area contributed by atoms with E-state index in [-0.39, 0.29) is 0 Å². The predicted molar refractivity (Wildman–Crippen MR) is 69.7 cm³/mol. The van der Waals surface area contributed by atoms with Crippen LogP contribution >= 0.6 is 0 Å². The highest BCUT2D eigenvalue weighted by Crippen LogP contribution is 2.07. The van der Waals surface area contributed by atoms with E-state index in [1.54, 1.807) is 0 Å². The fourth-order valence-corrected chi connectivity index (χ4v) is 1.76. The van der Waals surface area contributed by atoms with Gasteiger partial charge in [0.25, 0.3) is 0 Å². The van der Waals surface area contributed by atoms with Crippen molar-refractivity contribution >= 4 is 0 Å². The van der Waals surface area contributed by atoms with Crippen LogP contribution in [0.15, 0.2) is 0 Å². The fourth-order valence-electron chi connectivity index (χ4n) is 1.76. The third-order valence-electron chi connectivity index (χ3n) is 2.84. The van der Waals surface area contributed by atoms with E-state index in [1.165, 1.54) is 44.9 Å². The van der Waals surface area contributed by atoms with E-state index >= 15 is 0 Å². The van der Waals surface area contributed by atoms with Gasteiger partial charge in [0.15, 0.2) is 0 Å². The van der Waals surface area contributed by atoms with Gasteiger partial charge in [-0.05, 0) is 25.7 Å². The van der Waals surface area contributed by atoms with Crippen LogP contribution in [0.3, 0.4) is 0 Å². The van der Waals surface area contributed by atoms with E-state index in [2.05, 4.69) is 6.92 Å². The average Bonchev–Trinajstić information content (AvgIpc) is 2.31. The zero-order valence-corrected chi connectivity index (χ0v) is 11.0. The summed E-state index contributed by atoms with van der Waals surface area (Å²) in [5, 5.41) is 8.59. The molecule has 2 nitrogen and oxygen atoms in total. The molecule has 0 spiro atoms. The summed E-state index contributed by atoms with van der Waals surface area (Å²) in [4.78, 5) is 0. The Hall–Kier alpha value is -0.0800. The minimum absolute atomic E-state index is 0.317. The fraction of sp³-hybridized carbons (Fsp3) is 1.00. The van der Waals surface area contributed by atoms with Crippen molar-refractivity contribution in [1.29, 1.82) is 0 Å². The van der Waals surface area contributed by atoms with Crippen molar-refractivity contribution in [3.8, 4) is 0 Å². The Bertz CT molecular complexity index is 101. The molecule has 0 aromatic heterocycles. The Labute approximate surface area is 101 Å². The Morgan fingerprint density at radius 1 is 0.688 bits per heavy atom. The number of ether oxygens (including phenoxy) is 1. The quantitative estimate of drug-likeness (QED) is 0.486. The van der Waals surface area contributed by atoms with Crippen molar-refractivity contribution in [2.75, 3.05) is 19.8 Å². The van der Waals surface area contributed by atoms with Crippen LogP contribution < -0.4 is 0 Å². The predicted octanol–water partition coefficient (Wildman–Crippen LogP) is 3.92. The second-order valence-corrected chi connectivity index (χ2v) is 4.52. The molecule has 0 saturated carbocycles. The second-order valence-electron chi connectivity index (χ2n) is 4.52. The number of aliphatic hydroxyl groups is 1. The summed E-state index contributed by atoms with van der Waals surface area (Å²) in [6, 6.07) is 0. The topological polar surface area (TPSA) is 29.5 Å². The van der Waals surface area contributed by atoms with E-state index < -0.39 is 0 Å². The molecular formula is C14H30O2. The van der Waals surface area contributed by atoms with E-state index in [0.717, 1.165) is 32.5 Å². The first-order valence-corrected chi connectivity index (χ1v) is 7.10. The van der Waals surface area contributed by atoms with E-state index in [0.29, 0.717) is 6.61 Å². The zero-order chi connectivity index (χ0) is 11.9. The van der Waals surface area contributed by atoms with Crippen LogP contribution in [0.2, 0.25) is 0 Å². The SMILES string of the molecule is CCCCCCCCCOCCCCCO. The summed E-state index contributed by atoms with van der Waals surface area (Å²) in [7, 11) is 0. The molecule has 98 valence electrons. The average molecular weight is 230 g/mol. The lowest BCUT2D eigenvalue weighted by Crippen LogP contribution is -1.97. The first-order valence-electron chi connectivity index (χ1n) is 7.10. The van der Waals surface area contributed by atoms with Crippen LogP contribution in [0.1, 0.15) is 71.1 Å². The molecule has 0 amide bonds. The first-order chi connectivity index (χ1) is 7.91. The number of hydrogen-bond donors (Lipinski definition) is 1. The van der Waals surface area contributed by atoms with Crippen LogP contribution in [0.25, 0.3) is 0 Å². The Kier molecular flexibility index (Phi) is 14.8. The standard InChI is InChI=1S/C14H30O2/c1-2-3-4-5-6-7-10-13-16-14-11-8-9-12-15/h15H,2-14H2,1H3. The van der Waals surface area contributed by atoms with Crippen LogP contribution in [-0.4, -0.2) is 24.9 Å². The lowest BCUT2D eigenvalue weighted by atomic mass is 10.1. The Morgan fingerprint density at radius 3 is 1.75 bits per heavy atom. The van der Waals surface area contributed by atoms with Gasteiger partial charge < -0.3 is 9.84 Å². The van der Waals surface area contributed by atoms with Crippen molar-refractivity contribution < 1.29 is 9.84 Å². The smallest absolute Gasteiger partial charge is 0.0466 e. The van der Waals surface area contributed by atoms with Crippen LogP contribution in [0, 0.1) is 0 Å². The number of hydrogen-bond acceptors (Lipinski definition) is 2. The summed E-state index contributed by atoms with van der Waals surface area (Å²) < 4.78 is 5.53. The van der Waals surface area contributed by atoms with Crippen LogP contribution in [-0.2, 0) is 4.74 Å². The molecular weight excluding hydrogens is 200 g/mol. The minimum Gasteiger partial charge on any atom is -0.396 e. The summed E-state index contributed by atoms with van der Waals surface area (Å²) >= 11 is 0. The van der Waals surface area contributed by atoms with Crippen molar-refractivity contribution in [3.05, 3.63) is 0 Å². The molecule has 0 radical (unpaired) electrons. The van der Waals surface area contributed by atoms with Gasteiger partial charge in [-0.1, -0.05) is 45.4 Å². The largest absolute Gasteiger partial charge is 0.396 e. The highest BCUT2D eigenvalue weighted by atomic mass is 16.5. The van der Waals surface area contributed by atoms with Gasteiger partial charge in [-0.3, -0.25) is 0 Å². The molecule has 0 aromatic rings. The summed E-state index contributed by atoms with van der Waals surface area (Å²) in [6.07, 6.45) is 12.5. The Balaban J connectivity index is 2.83. The first kappa shape index (κ1) is 15.9. The van der Waals surface area contributed by atoms with E-state index in [1.807, 2.05) is 0 Å². The molecule has 0 fully saturated rings. The number of rotatable bonds is 13. The molecule has 2 heteroatoms. The lowest BCUT2D eigenvalue weighted by molar-refractivity contribution is 0.124. The molecule has 1 N–H and O–H groups in total. The lowest BCUT2D eigenvalue weighted by Gasteiger charge is -2.04. The van der Waals surface area contributed by atoms with Gasteiger partial charge in [-0.25, -0.2) is 0 Å². The van der Waals surface area contributed by atoms with Gasteiger partial charge in [0.2, 0.25) is 0 Å². The van der Waals surface area contributed by atoms with Gasteiger partial charge in [0.05, 0.1) is 0 Å². The second kappa shape index (κ2) is 14.9. The number of unbranched alkanes of at least 4 members (excludes halogenated alkanes) is 8.